The van der Waals surface area contributed by atoms with Gasteiger partial charge in [-0.15, -0.1) is 0 Å². The summed E-state index contributed by atoms with van der Waals surface area (Å²) in [5, 5.41) is 9.48. The summed E-state index contributed by atoms with van der Waals surface area (Å²) in [6.07, 6.45) is 0. The van der Waals surface area contributed by atoms with Crippen molar-refractivity contribution in [2.24, 2.45) is 5.41 Å². The van der Waals surface area contributed by atoms with E-state index in [2.05, 4.69) is 6.07 Å². The Morgan fingerprint density at radius 1 is 1.15 bits per heavy atom. The van der Waals surface area contributed by atoms with E-state index >= 15 is 0 Å². The third-order valence-electron chi connectivity index (χ3n) is 4.96. The van der Waals surface area contributed by atoms with E-state index in [1.54, 1.807) is 31.4 Å². The van der Waals surface area contributed by atoms with Crippen LogP contribution in [0.2, 0.25) is 5.02 Å². The molecule has 0 aliphatic heterocycles. The largest absolute Gasteiger partial charge is 0.497 e. The molecule has 0 bridgehead atoms. The fourth-order valence-electron chi connectivity index (χ4n) is 3.52. The van der Waals surface area contributed by atoms with Gasteiger partial charge >= 0.3 is 0 Å². The molecule has 2 aromatic rings. The molecule has 5 nitrogen and oxygen atoms in total. The Kier molecular flexibility index (Phi) is 5.48. The second-order valence-corrected chi connectivity index (χ2v) is 8.97. The summed E-state index contributed by atoms with van der Waals surface area (Å²) >= 11 is 5.88. The Morgan fingerprint density at radius 3 is 2.30 bits per heavy atom. The highest BCUT2D eigenvalue weighted by atomic mass is 35.5. The number of nitriles is 1. The van der Waals surface area contributed by atoms with E-state index in [1.165, 1.54) is 24.3 Å². The zero-order valence-corrected chi connectivity index (χ0v) is 16.6. The van der Waals surface area contributed by atoms with Crippen LogP contribution < -0.4 is 4.74 Å². The van der Waals surface area contributed by atoms with Crippen molar-refractivity contribution in [3.8, 4) is 11.8 Å². The van der Waals surface area contributed by atoms with E-state index in [4.69, 9.17) is 21.1 Å². The molecule has 0 unspecified atom stereocenters. The number of hydrogen-bond acceptors (Lipinski definition) is 5. The number of benzene rings is 2. The molecule has 2 aromatic carbocycles. The van der Waals surface area contributed by atoms with Gasteiger partial charge in [-0.3, -0.25) is 0 Å². The van der Waals surface area contributed by atoms with Crippen molar-refractivity contribution in [1.29, 1.82) is 5.26 Å². The van der Waals surface area contributed by atoms with Crippen LogP contribution in [0, 0.1) is 16.7 Å². The Bertz CT molecular complexity index is 951. The minimum absolute atomic E-state index is 0.0637. The molecule has 7 heteroatoms. The van der Waals surface area contributed by atoms with E-state index in [0.29, 0.717) is 17.4 Å². The molecule has 1 saturated carbocycles. The highest BCUT2D eigenvalue weighted by Crippen LogP contribution is 2.64. The van der Waals surface area contributed by atoms with Crippen LogP contribution in [0.3, 0.4) is 0 Å². The number of nitrogens with zero attached hydrogens (tertiary/aromatic N) is 1. The van der Waals surface area contributed by atoms with Crippen LogP contribution in [0.1, 0.15) is 18.4 Å². The number of halogens is 1. The predicted octanol–water partition coefficient (Wildman–Crippen LogP) is 3.83. The standard InChI is InChI=1S/C20H20ClNO4S/c1-3-26-13-20(12-22)18(14-4-8-16(25-2)9-5-14)19(20)27(23,24)17-10-6-15(21)7-11-17/h4-11,18-19H,3,13H2,1-2H3/t18-,19-,20-/m1/s1. The highest BCUT2D eigenvalue weighted by Gasteiger charge is 2.72. The molecule has 142 valence electrons. The molecular weight excluding hydrogens is 386 g/mol. The van der Waals surface area contributed by atoms with Crippen LogP contribution in [0.15, 0.2) is 53.4 Å². The lowest BCUT2D eigenvalue weighted by atomic mass is 10.0. The first kappa shape index (κ1) is 19.7. The van der Waals surface area contributed by atoms with Crippen LogP contribution in [-0.4, -0.2) is 34.0 Å². The van der Waals surface area contributed by atoms with Gasteiger partial charge in [-0.25, -0.2) is 8.42 Å². The summed E-state index contributed by atoms with van der Waals surface area (Å²) in [4.78, 5) is 0.157. The number of methoxy groups -OCH3 is 1. The van der Waals surface area contributed by atoms with Gasteiger partial charge < -0.3 is 9.47 Å². The normalized spacial score (nSPS) is 24.2. The molecule has 1 aliphatic carbocycles. The van der Waals surface area contributed by atoms with Gasteiger partial charge in [0.1, 0.15) is 11.2 Å². The molecule has 0 aromatic heterocycles. The van der Waals surface area contributed by atoms with Gasteiger partial charge in [-0.2, -0.15) is 5.26 Å². The van der Waals surface area contributed by atoms with Crippen LogP contribution in [-0.2, 0) is 14.6 Å². The molecule has 0 amide bonds. The van der Waals surface area contributed by atoms with Gasteiger partial charge in [-0.1, -0.05) is 23.7 Å². The minimum Gasteiger partial charge on any atom is -0.497 e. The van der Waals surface area contributed by atoms with E-state index in [0.717, 1.165) is 5.56 Å². The summed E-state index contributed by atoms with van der Waals surface area (Å²) in [7, 11) is -2.17. The average Bonchev–Trinajstić information content (AvgIpc) is 3.37. The second kappa shape index (κ2) is 7.51. The number of rotatable bonds is 7. The molecule has 1 aliphatic rings. The molecule has 3 rings (SSSR count). The summed E-state index contributed by atoms with van der Waals surface area (Å²) in [6.45, 7) is 2.29. The second-order valence-electron chi connectivity index (χ2n) is 6.46. The summed E-state index contributed by atoms with van der Waals surface area (Å²) in [6, 6.07) is 15.4. The Balaban J connectivity index is 2.04. The smallest absolute Gasteiger partial charge is 0.183 e. The molecule has 0 saturated heterocycles. The van der Waals surface area contributed by atoms with Gasteiger partial charge in [0, 0.05) is 17.5 Å². The Labute approximate surface area is 164 Å². The van der Waals surface area contributed by atoms with Crippen molar-refractivity contribution in [3.05, 3.63) is 59.1 Å². The van der Waals surface area contributed by atoms with Crippen molar-refractivity contribution in [2.75, 3.05) is 20.3 Å². The summed E-state index contributed by atoms with van der Waals surface area (Å²) < 4.78 is 37.2. The number of ether oxygens (including phenoxy) is 2. The van der Waals surface area contributed by atoms with E-state index < -0.39 is 26.4 Å². The third kappa shape index (κ3) is 3.43. The lowest BCUT2D eigenvalue weighted by molar-refractivity contribution is 0.117. The maximum absolute atomic E-state index is 13.3. The maximum Gasteiger partial charge on any atom is 0.183 e. The van der Waals surface area contributed by atoms with E-state index in [9.17, 15) is 13.7 Å². The van der Waals surface area contributed by atoms with Gasteiger partial charge in [0.25, 0.3) is 0 Å². The van der Waals surface area contributed by atoms with E-state index in [-0.39, 0.29) is 11.5 Å². The molecule has 0 N–H and O–H groups in total. The first-order valence-electron chi connectivity index (χ1n) is 8.53. The van der Waals surface area contributed by atoms with Crippen LogP contribution >= 0.6 is 11.6 Å². The topological polar surface area (TPSA) is 76.4 Å². The Morgan fingerprint density at radius 2 is 1.78 bits per heavy atom. The molecule has 3 atom stereocenters. The highest BCUT2D eigenvalue weighted by molar-refractivity contribution is 7.92. The SMILES string of the molecule is CCOC[C@]1(C#N)[C@H](c2ccc(OC)cc2)[C@H]1S(=O)(=O)c1ccc(Cl)cc1. The molecule has 0 radical (unpaired) electrons. The third-order valence-corrected chi connectivity index (χ3v) is 7.50. The number of hydrogen-bond donors (Lipinski definition) is 0. The van der Waals surface area contributed by atoms with Crippen molar-refractivity contribution in [1.82, 2.24) is 0 Å². The molecule has 0 heterocycles. The zero-order chi connectivity index (χ0) is 19.7. The molecular formula is C20H20ClNO4S. The quantitative estimate of drug-likeness (QED) is 0.699. The first-order chi connectivity index (χ1) is 12.9. The molecule has 27 heavy (non-hydrogen) atoms. The average molecular weight is 406 g/mol. The van der Waals surface area contributed by atoms with Gasteiger partial charge in [-0.05, 0) is 48.9 Å². The monoisotopic (exact) mass is 405 g/mol. The van der Waals surface area contributed by atoms with Crippen molar-refractivity contribution >= 4 is 21.4 Å². The van der Waals surface area contributed by atoms with Gasteiger partial charge in [0.15, 0.2) is 9.84 Å². The minimum atomic E-state index is -3.74. The van der Waals surface area contributed by atoms with Gasteiger partial charge in [0.05, 0.1) is 29.9 Å². The fourth-order valence-corrected chi connectivity index (χ4v) is 5.96. The fraction of sp³-hybridized carbons (Fsp3) is 0.350. The molecule has 1 fully saturated rings. The maximum atomic E-state index is 13.3. The summed E-state index contributed by atoms with van der Waals surface area (Å²) in [5.74, 6) is 0.199. The lowest BCUT2D eigenvalue weighted by Crippen LogP contribution is -2.19. The van der Waals surface area contributed by atoms with Crippen LogP contribution in [0.4, 0.5) is 0 Å². The Hall–Kier alpha value is -2.07. The molecule has 0 spiro atoms. The number of sulfone groups is 1. The van der Waals surface area contributed by atoms with Gasteiger partial charge in [0.2, 0.25) is 0 Å². The van der Waals surface area contributed by atoms with Crippen molar-refractivity contribution in [2.45, 2.75) is 23.0 Å². The van der Waals surface area contributed by atoms with Crippen LogP contribution in [0.5, 0.6) is 5.75 Å². The predicted molar refractivity (Wildman–Crippen MR) is 103 cm³/mol. The summed E-state index contributed by atoms with van der Waals surface area (Å²) in [5.41, 5.74) is -0.345. The first-order valence-corrected chi connectivity index (χ1v) is 10.5. The van der Waals surface area contributed by atoms with E-state index in [1.807, 2.05) is 6.92 Å². The lowest BCUT2D eigenvalue weighted by Gasteiger charge is -2.10. The van der Waals surface area contributed by atoms with Crippen LogP contribution in [0.25, 0.3) is 0 Å². The zero-order valence-electron chi connectivity index (χ0n) is 15.1. The van der Waals surface area contributed by atoms with Crippen molar-refractivity contribution in [3.63, 3.8) is 0 Å². The van der Waals surface area contributed by atoms with Crippen molar-refractivity contribution < 1.29 is 17.9 Å².